The molecule has 0 fully saturated rings. The number of hydrogen-bond acceptors (Lipinski definition) is 1. The van der Waals surface area contributed by atoms with Crippen molar-refractivity contribution < 1.29 is 4.57 Å². The van der Waals surface area contributed by atoms with Crippen molar-refractivity contribution in [1.82, 2.24) is 0 Å². The molecule has 0 saturated heterocycles. The van der Waals surface area contributed by atoms with Gasteiger partial charge in [0.1, 0.15) is 0 Å². The Kier molecular flexibility index (Phi) is 2.76. The molecular formula is C6H15OP. The van der Waals surface area contributed by atoms with Gasteiger partial charge in [-0.2, -0.15) is 0 Å². The highest BCUT2D eigenvalue weighted by Gasteiger charge is 2.14. The Labute approximate surface area is 51.9 Å². The summed E-state index contributed by atoms with van der Waals surface area (Å²) in [6, 6.07) is 0. The highest BCUT2D eigenvalue weighted by molar-refractivity contribution is 7.63. The molecule has 0 aromatic rings. The molecule has 0 aromatic heterocycles. The van der Waals surface area contributed by atoms with Gasteiger partial charge in [0.25, 0.3) is 0 Å². The fourth-order valence-corrected chi connectivity index (χ4v) is 1.32. The van der Waals surface area contributed by atoms with Crippen LogP contribution in [0, 0.1) is 0 Å². The van der Waals surface area contributed by atoms with E-state index in [4.69, 9.17) is 0 Å². The maximum Gasteiger partial charge on any atom is 0.0845 e. The van der Waals surface area contributed by atoms with Gasteiger partial charge in [-0.25, -0.2) is 0 Å². The van der Waals surface area contributed by atoms with Crippen LogP contribution in [0.4, 0.5) is 0 Å². The van der Waals surface area contributed by atoms with Crippen LogP contribution in [0.1, 0.15) is 20.3 Å². The summed E-state index contributed by atoms with van der Waals surface area (Å²) in [5.74, 6) is 0. The summed E-state index contributed by atoms with van der Waals surface area (Å²) < 4.78 is 11.1. The fourth-order valence-electron chi connectivity index (χ4n) is 0.440. The van der Waals surface area contributed by atoms with Gasteiger partial charge in [0.15, 0.2) is 0 Å². The Hall–Kier alpha value is 0.230. The topological polar surface area (TPSA) is 17.1 Å². The van der Waals surface area contributed by atoms with Gasteiger partial charge in [-0.3, -0.25) is 0 Å². The highest BCUT2D eigenvalue weighted by atomic mass is 31.2. The van der Waals surface area contributed by atoms with E-state index in [-0.39, 0.29) is 0 Å². The van der Waals surface area contributed by atoms with Crippen molar-refractivity contribution in [2.24, 2.45) is 0 Å². The van der Waals surface area contributed by atoms with E-state index in [9.17, 15) is 4.57 Å². The van der Waals surface area contributed by atoms with E-state index >= 15 is 0 Å². The molecule has 0 aliphatic carbocycles. The molecule has 0 spiro atoms. The maximum absolute atomic E-state index is 11.1. The summed E-state index contributed by atoms with van der Waals surface area (Å²) in [6.07, 6.45) is 1.03. The van der Waals surface area contributed by atoms with Gasteiger partial charge in [0.05, 0.1) is 7.14 Å². The molecule has 8 heavy (non-hydrogen) atoms. The molecule has 1 atom stereocenters. The van der Waals surface area contributed by atoms with Gasteiger partial charge in [-0.1, -0.05) is 13.8 Å². The van der Waals surface area contributed by atoms with Crippen LogP contribution in [-0.4, -0.2) is 19.0 Å². The van der Waals surface area contributed by atoms with Crippen molar-refractivity contribution in [2.45, 2.75) is 25.9 Å². The van der Waals surface area contributed by atoms with Crippen molar-refractivity contribution in [1.29, 1.82) is 0 Å². The van der Waals surface area contributed by atoms with Crippen molar-refractivity contribution >= 4 is 7.14 Å². The third-order valence-corrected chi connectivity index (χ3v) is 4.14. The Bertz CT molecular complexity index is 103. The van der Waals surface area contributed by atoms with Gasteiger partial charge >= 0.3 is 0 Å². The molecule has 0 heterocycles. The van der Waals surface area contributed by atoms with E-state index in [0.717, 1.165) is 6.42 Å². The SMILES string of the molecule is CCC(C)P(C)(C)=O. The summed E-state index contributed by atoms with van der Waals surface area (Å²) in [5, 5.41) is 0. The van der Waals surface area contributed by atoms with Gasteiger partial charge in [-0.05, 0) is 19.8 Å². The molecular weight excluding hydrogens is 119 g/mol. The molecule has 1 nitrogen and oxygen atoms in total. The lowest BCUT2D eigenvalue weighted by molar-refractivity contribution is 0.572. The monoisotopic (exact) mass is 134 g/mol. The average Bonchev–Trinajstić information content (AvgIpc) is 1.62. The fraction of sp³-hybridized carbons (Fsp3) is 1.00. The predicted octanol–water partition coefficient (Wildman–Crippen LogP) is 2.41. The van der Waals surface area contributed by atoms with Crippen LogP contribution in [0.3, 0.4) is 0 Å². The molecule has 1 unspecified atom stereocenters. The zero-order valence-electron chi connectivity index (χ0n) is 6.14. The van der Waals surface area contributed by atoms with Crippen LogP contribution in [0.2, 0.25) is 0 Å². The first-order chi connectivity index (χ1) is 3.48. The Morgan fingerprint density at radius 2 is 1.88 bits per heavy atom. The minimum atomic E-state index is -1.76. The quantitative estimate of drug-likeness (QED) is 0.530. The molecule has 2 heteroatoms. The second kappa shape index (κ2) is 2.68. The van der Waals surface area contributed by atoms with Gasteiger partial charge < -0.3 is 4.57 Å². The zero-order valence-corrected chi connectivity index (χ0v) is 7.03. The molecule has 0 amide bonds. The Balaban J connectivity index is 3.82. The van der Waals surface area contributed by atoms with E-state index < -0.39 is 7.14 Å². The van der Waals surface area contributed by atoms with Crippen LogP contribution in [0.15, 0.2) is 0 Å². The Morgan fingerprint density at radius 3 is 1.88 bits per heavy atom. The molecule has 0 aliphatic heterocycles. The van der Waals surface area contributed by atoms with Crippen molar-refractivity contribution in [2.75, 3.05) is 13.3 Å². The molecule has 0 saturated carbocycles. The second-order valence-electron chi connectivity index (χ2n) is 2.69. The summed E-state index contributed by atoms with van der Waals surface area (Å²) in [5.41, 5.74) is 0.405. The van der Waals surface area contributed by atoms with Crippen molar-refractivity contribution in [3.63, 3.8) is 0 Å². The van der Waals surface area contributed by atoms with E-state index in [1.165, 1.54) is 0 Å². The minimum absolute atomic E-state index is 0.405. The van der Waals surface area contributed by atoms with Crippen LogP contribution >= 0.6 is 7.14 Å². The smallest absolute Gasteiger partial charge is 0.0845 e. The molecule has 0 radical (unpaired) electrons. The van der Waals surface area contributed by atoms with Crippen LogP contribution in [0.5, 0.6) is 0 Å². The van der Waals surface area contributed by atoms with Crippen LogP contribution in [0.25, 0.3) is 0 Å². The molecule has 50 valence electrons. The first-order valence-electron chi connectivity index (χ1n) is 3.03. The van der Waals surface area contributed by atoms with Gasteiger partial charge in [0, 0.05) is 5.66 Å². The Morgan fingerprint density at radius 1 is 1.50 bits per heavy atom. The number of rotatable bonds is 2. The van der Waals surface area contributed by atoms with E-state index in [1.54, 1.807) is 0 Å². The largest absolute Gasteiger partial charge is 0.324 e. The summed E-state index contributed by atoms with van der Waals surface area (Å²) in [6.45, 7) is 7.81. The molecule has 0 N–H and O–H groups in total. The average molecular weight is 134 g/mol. The summed E-state index contributed by atoms with van der Waals surface area (Å²) in [7, 11) is -1.76. The van der Waals surface area contributed by atoms with Gasteiger partial charge in [-0.15, -0.1) is 0 Å². The molecule has 0 rings (SSSR count). The predicted molar refractivity (Wildman–Crippen MR) is 39.2 cm³/mol. The second-order valence-corrected chi connectivity index (χ2v) is 6.44. The maximum atomic E-state index is 11.1. The summed E-state index contributed by atoms with van der Waals surface area (Å²) >= 11 is 0. The lowest BCUT2D eigenvalue weighted by atomic mass is 10.4. The third-order valence-electron chi connectivity index (χ3n) is 1.65. The molecule has 0 aromatic carbocycles. The summed E-state index contributed by atoms with van der Waals surface area (Å²) in [4.78, 5) is 0. The molecule has 0 aliphatic rings. The van der Waals surface area contributed by atoms with Crippen molar-refractivity contribution in [3.05, 3.63) is 0 Å². The lowest BCUT2D eigenvalue weighted by Gasteiger charge is -2.12. The van der Waals surface area contributed by atoms with Crippen molar-refractivity contribution in [3.8, 4) is 0 Å². The van der Waals surface area contributed by atoms with Crippen LogP contribution < -0.4 is 0 Å². The number of hydrogen-bond donors (Lipinski definition) is 0. The van der Waals surface area contributed by atoms with E-state index in [2.05, 4.69) is 6.92 Å². The lowest BCUT2D eigenvalue weighted by Crippen LogP contribution is -1.98. The van der Waals surface area contributed by atoms with Gasteiger partial charge in [0.2, 0.25) is 0 Å². The third kappa shape index (κ3) is 2.52. The standard InChI is InChI=1S/C6H15OP/c1-5-6(2)8(3,4)7/h6H,5H2,1-4H3. The minimum Gasteiger partial charge on any atom is -0.324 e. The first-order valence-corrected chi connectivity index (χ1v) is 5.70. The highest BCUT2D eigenvalue weighted by Crippen LogP contribution is 2.43. The first kappa shape index (κ1) is 8.23. The molecule has 0 bridgehead atoms. The van der Waals surface area contributed by atoms with E-state index in [1.807, 2.05) is 20.3 Å². The zero-order chi connectivity index (χ0) is 6.78. The van der Waals surface area contributed by atoms with E-state index in [0.29, 0.717) is 5.66 Å². The normalized spacial score (nSPS) is 16.0. The van der Waals surface area contributed by atoms with Crippen LogP contribution in [-0.2, 0) is 4.57 Å².